The maximum atomic E-state index is 13.9. The summed E-state index contributed by atoms with van der Waals surface area (Å²) in [5, 5.41) is 6.77. The van der Waals surface area contributed by atoms with E-state index in [9.17, 15) is 9.59 Å². The van der Waals surface area contributed by atoms with Crippen LogP contribution in [0.5, 0.6) is 0 Å². The van der Waals surface area contributed by atoms with Gasteiger partial charge in [-0.25, -0.2) is 14.8 Å². The summed E-state index contributed by atoms with van der Waals surface area (Å²) >= 11 is 6.11. The van der Waals surface area contributed by atoms with Crippen LogP contribution in [0.15, 0.2) is 30.6 Å². The normalized spacial score (nSPS) is 25.9. The Morgan fingerprint density at radius 3 is 2.74 bits per heavy atom. The number of rotatable bonds is 6. The van der Waals surface area contributed by atoms with Crippen molar-refractivity contribution in [2.45, 2.75) is 63.8 Å². The minimum atomic E-state index is -0.510. The largest absolute Gasteiger partial charge is 0.441 e. The lowest BCUT2D eigenvalue weighted by Crippen LogP contribution is -2.56. The first-order valence-electron chi connectivity index (χ1n) is 12.1. The summed E-state index contributed by atoms with van der Waals surface area (Å²) < 4.78 is 5.37. The van der Waals surface area contributed by atoms with Crippen molar-refractivity contribution in [1.29, 1.82) is 0 Å². The molecule has 0 spiro atoms. The van der Waals surface area contributed by atoms with Gasteiger partial charge in [0.25, 0.3) is 0 Å². The van der Waals surface area contributed by atoms with Gasteiger partial charge in [-0.2, -0.15) is 0 Å². The number of fused-ring (bicyclic) bond motifs is 2. The zero-order valence-electron chi connectivity index (χ0n) is 20.4. The van der Waals surface area contributed by atoms with Crippen LogP contribution in [0.1, 0.15) is 57.3 Å². The number of aromatic nitrogens is 2. The highest BCUT2D eigenvalue weighted by atomic mass is 35.5. The first-order chi connectivity index (χ1) is 16.7. The summed E-state index contributed by atoms with van der Waals surface area (Å²) in [6, 6.07) is 7.97. The molecule has 1 saturated carbocycles. The molecule has 1 aromatic carbocycles. The molecule has 10 heteroatoms. The van der Waals surface area contributed by atoms with E-state index >= 15 is 0 Å². The van der Waals surface area contributed by atoms with Crippen molar-refractivity contribution in [1.82, 2.24) is 20.2 Å². The van der Waals surface area contributed by atoms with Gasteiger partial charge in [0.2, 0.25) is 5.91 Å². The number of benzene rings is 1. The van der Waals surface area contributed by atoms with Crippen molar-refractivity contribution >= 4 is 35.2 Å². The Labute approximate surface area is 210 Å². The maximum absolute atomic E-state index is 13.9. The first-order valence-corrected chi connectivity index (χ1v) is 12.5. The first kappa shape index (κ1) is 23.8. The molecular weight excluding hydrogens is 468 g/mol. The molecule has 4 atom stereocenters. The fourth-order valence-electron chi connectivity index (χ4n) is 5.32. The van der Waals surface area contributed by atoms with Gasteiger partial charge in [-0.3, -0.25) is 10.1 Å². The molecule has 2 N–H and O–H groups in total. The van der Waals surface area contributed by atoms with Crippen molar-refractivity contribution in [3.05, 3.63) is 46.7 Å². The van der Waals surface area contributed by atoms with E-state index in [2.05, 4.69) is 46.3 Å². The number of anilines is 2. The number of hydrogen-bond acceptors (Lipinski definition) is 7. The van der Waals surface area contributed by atoms with E-state index in [1.165, 1.54) is 6.33 Å². The van der Waals surface area contributed by atoms with Crippen LogP contribution >= 0.6 is 11.6 Å². The van der Waals surface area contributed by atoms with Gasteiger partial charge < -0.3 is 19.9 Å². The maximum Gasteiger partial charge on any atom is 0.413 e. The average Bonchev–Trinajstić information content (AvgIpc) is 3.51. The lowest BCUT2D eigenvalue weighted by molar-refractivity contribution is -0.136. The second-order valence-electron chi connectivity index (χ2n) is 10.1. The number of carbonyl (C=O) groups excluding carboxylic acids is 2. The van der Waals surface area contributed by atoms with Gasteiger partial charge in [0, 0.05) is 30.7 Å². The highest BCUT2D eigenvalue weighted by Crippen LogP contribution is 2.51. The number of piperazine rings is 1. The molecule has 2 amide bonds. The predicted molar refractivity (Wildman–Crippen MR) is 134 cm³/mol. The molecule has 186 valence electrons. The summed E-state index contributed by atoms with van der Waals surface area (Å²) in [6.45, 7) is 9.92. The van der Waals surface area contributed by atoms with Gasteiger partial charge in [-0.05, 0) is 38.0 Å². The highest BCUT2D eigenvalue weighted by Gasteiger charge is 2.62. The van der Waals surface area contributed by atoms with Crippen LogP contribution in [0.25, 0.3) is 0 Å². The average molecular weight is 499 g/mol. The van der Waals surface area contributed by atoms with Crippen LogP contribution in [-0.4, -0.2) is 64.1 Å². The lowest BCUT2D eigenvalue weighted by Gasteiger charge is -2.42. The van der Waals surface area contributed by atoms with Crippen molar-refractivity contribution < 1.29 is 14.3 Å². The molecule has 9 nitrogen and oxygen atoms in total. The molecule has 0 radical (unpaired) electrons. The number of hydrogen-bond donors (Lipinski definition) is 2. The predicted octanol–water partition coefficient (Wildman–Crippen LogP) is 3.71. The minimum Gasteiger partial charge on any atom is -0.441 e. The Hall–Kier alpha value is -2.91. The van der Waals surface area contributed by atoms with E-state index in [0.29, 0.717) is 30.5 Å². The summed E-state index contributed by atoms with van der Waals surface area (Å²) in [5.74, 6) is 1.08. The van der Waals surface area contributed by atoms with Gasteiger partial charge >= 0.3 is 6.09 Å². The van der Waals surface area contributed by atoms with Crippen molar-refractivity contribution in [2.24, 2.45) is 0 Å². The number of amides is 2. The second-order valence-corrected chi connectivity index (χ2v) is 10.5. The molecule has 1 aliphatic carbocycles. The summed E-state index contributed by atoms with van der Waals surface area (Å²) in [7, 11) is 0. The van der Waals surface area contributed by atoms with Crippen molar-refractivity contribution in [3.8, 4) is 0 Å². The zero-order chi connectivity index (χ0) is 24.9. The molecule has 35 heavy (non-hydrogen) atoms. The Morgan fingerprint density at radius 1 is 1.29 bits per heavy atom. The summed E-state index contributed by atoms with van der Waals surface area (Å²) in [4.78, 5) is 38.8. The van der Waals surface area contributed by atoms with E-state index < -0.39 is 12.2 Å². The molecule has 0 unspecified atom stereocenters. The molecule has 5 rings (SSSR count). The Morgan fingerprint density at radius 2 is 2.03 bits per heavy atom. The number of halogens is 1. The molecule has 1 saturated heterocycles. The van der Waals surface area contributed by atoms with Crippen LogP contribution in [0, 0.1) is 0 Å². The molecule has 1 aromatic heterocycles. The molecule has 2 fully saturated rings. The monoisotopic (exact) mass is 498 g/mol. The van der Waals surface area contributed by atoms with Gasteiger partial charge in [0.15, 0.2) is 0 Å². The van der Waals surface area contributed by atoms with E-state index in [4.69, 9.17) is 16.3 Å². The molecule has 3 aliphatic rings. The third-order valence-corrected chi connectivity index (χ3v) is 7.59. The minimum absolute atomic E-state index is 0.124. The number of cyclic esters (lactones) is 1. The van der Waals surface area contributed by atoms with E-state index in [0.717, 1.165) is 23.4 Å². The molecule has 3 heterocycles. The van der Waals surface area contributed by atoms with Gasteiger partial charge in [-0.15, -0.1) is 0 Å². The number of ether oxygens (including phenoxy) is 1. The summed E-state index contributed by atoms with van der Waals surface area (Å²) in [5.41, 5.74) is 1.45. The molecule has 2 aromatic rings. The zero-order valence-corrected chi connectivity index (χ0v) is 21.2. The fourth-order valence-corrected chi connectivity index (χ4v) is 5.45. The van der Waals surface area contributed by atoms with Gasteiger partial charge in [0.05, 0.1) is 23.1 Å². The Balaban J connectivity index is 1.39. The third-order valence-electron chi connectivity index (χ3n) is 7.33. The van der Waals surface area contributed by atoms with Crippen LogP contribution in [0.2, 0.25) is 5.02 Å². The van der Waals surface area contributed by atoms with Crippen LogP contribution in [0.4, 0.5) is 16.4 Å². The smallest absolute Gasteiger partial charge is 0.413 e. The van der Waals surface area contributed by atoms with Gasteiger partial charge in [0.1, 0.15) is 24.1 Å². The number of carbonyl (C=O) groups is 2. The van der Waals surface area contributed by atoms with E-state index in [-0.39, 0.29) is 29.4 Å². The van der Waals surface area contributed by atoms with Crippen LogP contribution in [-0.2, 0) is 9.53 Å². The Bertz CT molecular complexity index is 1140. The highest BCUT2D eigenvalue weighted by molar-refractivity contribution is 6.30. The van der Waals surface area contributed by atoms with E-state index in [1.54, 1.807) is 0 Å². The standard InChI is InChI=1S/C25H31ClN6O3/c1-14(2)27-12-18(16-5-7-17(26)8-6-16)23(33)32-10-9-31(19-11-25(19,32)4)22-20-15(3)35-24(34)30-21(20)28-13-29-22/h5-8,13-15,18-19,27H,9-12H2,1-4H3,(H,28,29,30,34)/t15-,18-,19+,25-/m1/s1. The fraction of sp³-hybridized carbons (Fsp3) is 0.520. The van der Waals surface area contributed by atoms with Crippen molar-refractivity contribution in [3.63, 3.8) is 0 Å². The third kappa shape index (κ3) is 4.31. The number of nitrogens with one attached hydrogen (secondary N) is 2. The SMILES string of the molecule is CC(C)NC[C@@H](C(=O)N1CCN(c2ncnc3c2[C@@H](C)OC(=O)N3)[C@H]2C[C@]21C)c1ccc(Cl)cc1. The number of nitrogens with zero attached hydrogens (tertiary/aromatic N) is 4. The molecular formula is C25H31ClN6O3. The van der Waals surface area contributed by atoms with Crippen LogP contribution < -0.4 is 15.5 Å². The topological polar surface area (TPSA) is 99.7 Å². The van der Waals surface area contributed by atoms with Gasteiger partial charge in [-0.1, -0.05) is 37.6 Å². The van der Waals surface area contributed by atoms with Crippen molar-refractivity contribution in [2.75, 3.05) is 29.9 Å². The second kappa shape index (κ2) is 8.95. The molecule has 2 aliphatic heterocycles. The lowest BCUT2D eigenvalue weighted by atomic mass is 9.95. The molecule has 0 bridgehead atoms. The Kier molecular flexibility index (Phi) is 6.09. The van der Waals surface area contributed by atoms with E-state index in [1.807, 2.05) is 36.1 Å². The summed E-state index contributed by atoms with van der Waals surface area (Å²) in [6.07, 6.45) is 1.36. The quantitative estimate of drug-likeness (QED) is 0.626. The van der Waals surface area contributed by atoms with Crippen LogP contribution in [0.3, 0.4) is 0 Å².